The smallest absolute Gasteiger partial charge is 0.0386 e. The Morgan fingerprint density at radius 2 is 1.18 bits per heavy atom. The molecule has 0 heteroatoms. The van der Waals surface area contributed by atoms with Crippen molar-refractivity contribution in [2.24, 2.45) is 11.8 Å². The third kappa shape index (κ3) is 8.69. The molecule has 0 heterocycles. The van der Waals surface area contributed by atoms with E-state index in [1.54, 1.807) is 0 Å². The average Bonchev–Trinajstić information content (AvgIpc) is 2.35. The first-order valence-corrected chi connectivity index (χ1v) is 8.09. The zero-order valence-corrected chi connectivity index (χ0v) is 12.6. The number of unbranched alkanes of at least 4 members (excludes halogenated alkanes) is 4. The topological polar surface area (TPSA) is 0 Å². The van der Waals surface area contributed by atoms with Gasteiger partial charge >= 0.3 is 0 Å². The minimum absolute atomic E-state index is 0.897. The Morgan fingerprint density at radius 3 is 1.53 bits per heavy atom. The van der Waals surface area contributed by atoms with Gasteiger partial charge in [-0.2, -0.15) is 0 Å². The molecule has 1 unspecified atom stereocenters. The fourth-order valence-corrected chi connectivity index (χ4v) is 2.92. The van der Waals surface area contributed by atoms with Crippen LogP contribution in [0.2, 0.25) is 0 Å². The SMILES string of the molecule is [CH2]CC(CCC)C(CCCCC)CCCCC. The van der Waals surface area contributed by atoms with E-state index in [1.165, 1.54) is 64.2 Å². The Labute approximate surface area is 111 Å². The van der Waals surface area contributed by atoms with Gasteiger partial charge in [0, 0.05) is 0 Å². The van der Waals surface area contributed by atoms with Crippen LogP contribution in [0.25, 0.3) is 0 Å². The van der Waals surface area contributed by atoms with Crippen LogP contribution in [-0.2, 0) is 0 Å². The molecule has 0 aromatic carbocycles. The highest BCUT2D eigenvalue weighted by molar-refractivity contribution is 4.71. The van der Waals surface area contributed by atoms with Crippen molar-refractivity contribution in [1.29, 1.82) is 0 Å². The molecule has 0 saturated heterocycles. The van der Waals surface area contributed by atoms with Crippen LogP contribution < -0.4 is 0 Å². The number of hydrogen-bond donors (Lipinski definition) is 0. The summed E-state index contributed by atoms with van der Waals surface area (Å²) in [5, 5.41) is 0. The van der Waals surface area contributed by atoms with Gasteiger partial charge in [0.25, 0.3) is 0 Å². The van der Waals surface area contributed by atoms with E-state index >= 15 is 0 Å². The van der Waals surface area contributed by atoms with Crippen molar-refractivity contribution < 1.29 is 0 Å². The summed E-state index contributed by atoms with van der Waals surface area (Å²) in [4.78, 5) is 0. The maximum absolute atomic E-state index is 4.18. The maximum atomic E-state index is 4.18. The van der Waals surface area contributed by atoms with Crippen LogP contribution in [0.5, 0.6) is 0 Å². The van der Waals surface area contributed by atoms with Crippen LogP contribution >= 0.6 is 0 Å². The normalized spacial score (nSPS) is 13.2. The van der Waals surface area contributed by atoms with Crippen molar-refractivity contribution in [3.63, 3.8) is 0 Å². The van der Waals surface area contributed by atoms with E-state index in [2.05, 4.69) is 27.7 Å². The van der Waals surface area contributed by atoms with Crippen LogP contribution in [0.1, 0.15) is 91.4 Å². The first kappa shape index (κ1) is 17.0. The summed E-state index contributed by atoms with van der Waals surface area (Å²) in [6.45, 7) is 11.1. The third-order valence-corrected chi connectivity index (χ3v) is 4.05. The van der Waals surface area contributed by atoms with Crippen molar-refractivity contribution in [3.8, 4) is 0 Å². The lowest BCUT2D eigenvalue weighted by molar-refractivity contribution is 0.262. The van der Waals surface area contributed by atoms with Crippen molar-refractivity contribution in [3.05, 3.63) is 6.92 Å². The summed E-state index contributed by atoms with van der Waals surface area (Å²) in [5.74, 6) is 1.86. The summed E-state index contributed by atoms with van der Waals surface area (Å²) in [6, 6.07) is 0. The molecule has 0 aliphatic heterocycles. The summed E-state index contributed by atoms with van der Waals surface area (Å²) in [5.41, 5.74) is 0. The molecule has 0 N–H and O–H groups in total. The van der Waals surface area contributed by atoms with Gasteiger partial charge in [-0.05, 0) is 11.8 Å². The second-order valence-corrected chi connectivity index (χ2v) is 5.59. The molecule has 0 rings (SSSR count). The zero-order valence-electron chi connectivity index (χ0n) is 12.6. The molecule has 0 nitrogen and oxygen atoms in total. The summed E-state index contributed by atoms with van der Waals surface area (Å²) >= 11 is 0. The van der Waals surface area contributed by atoms with E-state index in [-0.39, 0.29) is 0 Å². The highest BCUT2D eigenvalue weighted by Crippen LogP contribution is 2.30. The molecule has 0 aromatic heterocycles. The largest absolute Gasteiger partial charge is 0.0654 e. The molecule has 0 aromatic rings. The monoisotopic (exact) mass is 239 g/mol. The van der Waals surface area contributed by atoms with Crippen LogP contribution in [0.15, 0.2) is 0 Å². The van der Waals surface area contributed by atoms with Gasteiger partial charge in [0.15, 0.2) is 0 Å². The fourth-order valence-electron chi connectivity index (χ4n) is 2.92. The van der Waals surface area contributed by atoms with E-state index in [4.69, 9.17) is 0 Å². The quantitative estimate of drug-likeness (QED) is 0.345. The maximum Gasteiger partial charge on any atom is -0.0386 e. The molecular formula is C17H35. The summed E-state index contributed by atoms with van der Waals surface area (Å²) < 4.78 is 0. The fraction of sp³-hybridized carbons (Fsp3) is 0.941. The Balaban J connectivity index is 4.04. The van der Waals surface area contributed by atoms with Gasteiger partial charge in [-0.1, -0.05) is 98.3 Å². The molecule has 17 heavy (non-hydrogen) atoms. The average molecular weight is 239 g/mol. The van der Waals surface area contributed by atoms with E-state index < -0.39 is 0 Å². The predicted molar refractivity (Wildman–Crippen MR) is 80.1 cm³/mol. The lowest BCUT2D eigenvalue weighted by Gasteiger charge is -2.26. The van der Waals surface area contributed by atoms with E-state index in [1.807, 2.05) is 0 Å². The molecular weight excluding hydrogens is 204 g/mol. The first-order valence-electron chi connectivity index (χ1n) is 8.09. The van der Waals surface area contributed by atoms with Crippen molar-refractivity contribution in [1.82, 2.24) is 0 Å². The van der Waals surface area contributed by atoms with Gasteiger partial charge in [0.1, 0.15) is 0 Å². The molecule has 0 fully saturated rings. The third-order valence-electron chi connectivity index (χ3n) is 4.05. The van der Waals surface area contributed by atoms with Crippen molar-refractivity contribution in [2.75, 3.05) is 0 Å². The lowest BCUT2D eigenvalue weighted by Crippen LogP contribution is -2.14. The van der Waals surface area contributed by atoms with Crippen LogP contribution in [0.3, 0.4) is 0 Å². The molecule has 1 atom stereocenters. The van der Waals surface area contributed by atoms with Gasteiger partial charge in [0.05, 0.1) is 0 Å². The standard InChI is InChI=1S/C17H35/c1-5-9-11-14-17(15-12-10-6-2)16(8-4)13-7-3/h16-17H,4-15H2,1-3H3. The molecule has 103 valence electrons. The van der Waals surface area contributed by atoms with Crippen LogP contribution in [-0.4, -0.2) is 0 Å². The number of rotatable bonds is 12. The Hall–Kier alpha value is 0. The number of hydrogen-bond acceptors (Lipinski definition) is 0. The highest BCUT2D eigenvalue weighted by atomic mass is 14.2. The van der Waals surface area contributed by atoms with Crippen molar-refractivity contribution >= 4 is 0 Å². The van der Waals surface area contributed by atoms with Crippen LogP contribution in [0.4, 0.5) is 0 Å². The minimum atomic E-state index is 0.897. The zero-order chi connectivity index (χ0) is 12.9. The van der Waals surface area contributed by atoms with Gasteiger partial charge in [-0.3, -0.25) is 0 Å². The molecule has 0 aliphatic rings. The van der Waals surface area contributed by atoms with E-state index in [0.29, 0.717) is 0 Å². The van der Waals surface area contributed by atoms with Crippen molar-refractivity contribution in [2.45, 2.75) is 91.4 Å². The predicted octanol–water partition coefficient (Wildman–Crippen LogP) is 6.40. The van der Waals surface area contributed by atoms with E-state index in [9.17, 15) is 0 Å². The van der Waals surface area contributed by atoms with E-state index in [0.717, 1.165) is 18.3 Å². The molecule has 0 saturated carbocycles. The second-order valence-electron chi connectivity index (χ2n) is 5.59. The van der Waals surface area contributed by atoms with Crippen LogP contribution in [0, 0.1) is 18.8 Å². The molecule has 0 amide bonds. The lowest BCUT2D eigenvalue weighted by atomic mass is 9.80. The molecule has 0 spiro atoms. The minimum Gasteiger partial charge on any atom is -0.0654 e. The van der Waals surface area contributed by atoms with Gasteiger partial charge in [-0.15, -0.1) is 0 Å². The Kier molecular flexibility index (Phi) is 12.5. The van der Waals surface area contributed by atoms with Gasteiger partial charge < -0.3 is 0 Å². The molecule has 1 radical (unpaired) electrons. The molecule has 0 bridgehead atoms. The molecule has 0 aliphatic carbocycles. The van der Waals surface area contributed by atoms with Gasteiger partial charge in [0.2, 0.25) is 0 Å². The Morgan fingerprint density at radius 1 is 0.647 bits per heavy atom. The second kappa shape index (κ2) is 12.5. The van der Waals surface area contributed by atoms with Gasteiger partial charge in [-0.25, -0.2) is 0 Å². The highest BCUT2D eigenvalue weighted by Gasteiger charge is 2.18. The summed E-state index contributed by atoms with van der Waals surface area (Å²) in [7, 11) is 0. The Bertz CT molecular complexity index is 129. The summed E-state index contributed by atoms with van der Waals surface area (Å²) in [6.07, 6.45) is 15.2. The first-order chi connectivity index (χ1) is 8.29.